The Balaban J connectivity index is 2.01. The molecule has 1 aromatic rings. The Bertz CT molecular complexity index is 490. The Morgan fingerprint density at radius 3 is 2.85 bits per heavy atom. The molecule has 2 atom stereocenters. The van der Waals surface area contributed by atoms with Gasteiger partial charge in [-0.25, -0.2) is 4.98 Å². The second-order valence-corrected chi connectivity index (χ2v) is 5.63. The number of nitrogens with one attached hydrogen (secondary N) is 2. The van der Waals surface area contributed by atoms with Crippen LogP contribution in [-0.2, 0) is 4.74 Å². The molecule has 2 unspecified atom stereocenters. The minimum Gasteiger partial charge on any atom is -0.381 e. The monoisotopic (exact) mass is 278 g/mol. The third-order valence-corrected chi connectivity index (χ3v) is 3.99. The van der Waals surface area contributed by atoms with Crippen LogP contribution < -0.4 is 10.6 Å². The van der Waals surface area contributed by atoms with Crippen molar-refractivity contribution in [1.29, 1.82) is 0 Å². The summed E-state index contributed by atoms with van der Waals surface area (Å²) < 4.78 is 5.38. The van der Waals surface area contributed by atoms with Gasteiger partial charge in [0.25, 0.3) is 5.91 Å². The van der Waals surface area contributed by atoms with Crippen LogP contribution in [0.15, 0.2) is 12.4 Å². The molecule has 1 amide bonds. The minimum absolute atomic E-state index is 0.0584. The highest BCUT2D eigenvalue weighted by atomic mass is 16.5. The van der Waals surface area contributed by atoms with Crippen molar-refractivity contribution in [3.63, 3.8) is 0 Å². The summed E-state index contributed by atoms with van der Waals surface area (Å²) in [6.07, 6.45) is 4.10. The lowest BCUT2D eigenvalue weighted by molar-refractivity contribution is -0.0942. The molecule has 6 nitrogen and oxygen atoms in total. The zero-order valence-electron chi connectivity index (χ0n) is 12.4. The quantitative estimate of drug-likeness (QED) is 0.852. The lowest BCUT2D eigenvalue weighted by atomic mass is 9.64. The topological polar surface area (TPSA) is 76.1 Å². The lowest BCUT2D eigenvalue weighted by Gasteiger charge is -2.51. The first-order valence-corrected chi connectivity index (χ1v) is 6.88. The summed E-state index contributed by atoms with van der Waals surface area (Å²) in [6.45, 7) is 6.90. The highest BCUT2D eigenvalue weighted by Crippen LogP contribution is 2.42. The number of hydrogen-bond donors (Lipinski definition) is 2. The molecule has 1 fully saturated rings. The van der Waals surface area contributed by atoms with Crippen molar-refractivity contribution in [3.8, 4) is 0 Å². The number of nitrogens with zero attached hydrogens (tertiary/aromatic N) is 2. The van der Waals surface area contributed by atoms with Crippen LogP contribution in [0.5, 0.6) is 0 Å². The first kappa shape index (κ1) is 14.7. The van der Waals surface area contributed by atoms with Crippen molar-refractivity contribution in [2.24, 2.45) is 5.41 Å². The number of aromatic nitrogens is 2. The fourth-order valence-electron chi connectivity index (χ4n) is 2.50. The van der Waals surface area contributed by atoms with Gasteiger partial charge in [0.15, 0.2) is 0 Å². The van der Waals surface area contributed by atoms with Gasteiger partial charge in [0.2, 0.25) is 0 Å². The third-order valence-electron chi connectivity index (χ3n) is 3.99. The summed E-state index contributed by atoms with van der Waals surface area (Å²) in [5.41, 5.74) is 0.275. The molecule has 1 saturated carbocycles. The molecule has 6 heteroatoms. The molecule has 0 spiro atoms. The molecule has 1 aliphatic carbocycles. The van der Waals surface area contributed by atoms with Crippen LogP contribution in [0.2, 0.25) is 0 Å². The maximum absolute atomic E-state index is 12.2. The number of carbonyl (C=O) groups is 1. The summed E-state index contributed by atoms with van der Waals surface area (Å²) in [5.74, 6) is 0.424. The molecule has 0 aliphatic heterocycles. The second kappa shape index (κ2) is 5.75. The summed E-state index contributed by atoms with van der Waals surface area (Å²) in [5, 5.41) is 6.05. The number of ether oxygens (including phenoxy) is 1. The van der Waals surface area contributed by atoms with Crippen LogP contribution >= 0.6 is 0 Å². The van der Waals surface area contributed by atoms with E-state index in [0.717, 1.165) is 13.0 Å². The minimum atomic E-state index is -0.190. The summed E-state index contributed by atoms with van der Waals surface area (Å²) in [4.78, 5) is 20.5. The lowest BCUT2D eigenvalue weighted by Crippen LogP contribution is -2.61. The molecule has 2 rings (SSSR count). The highest BCUT2D eigenvalue weighted by molar-refractivity contribution is 5.92. The van der Waals surface area contributed by atoms with Crippen molar-refractivity contribution in [3.05, 3.63) is 18.1 Å². The van der Waals surface area contributed by atoms with Crippen LogP contribution in [0.4, 0.5) is 5.82 Å². The van der Waals surface area contributed by atoms with Gasteiger partial charge in [-0.1, -0.05) is 13.8 Å². The van der Waals surface area contributed by atoms with E-state index in [4.69, 9.17) is 4.74 Å². The average Bonchev–Trinajstić information content (AvgIpc) is 2.43. The predicted molar refractivity (Wildman–Crippen MR) is 76.6 cm³/mol. The Morgan fingerprint density at radius 2 is 2.25 bits per heavy atom. The van der Waals surface area contributed by atoms with Gasteiger partial charge in [-0.3, -0.25) is 9.78 Å². The van der Waals surface area contributed by atoms with Crippen molar-refractivity contribution >= 4 is 11.7 Å². The van der Waals surface area contributed by atoms with Gasteiger partial charge in [0.1, 0.15) is 11.5 Å². The molecule has 20 heavy (non-hydrogen) atoms. The number of hydrogen-bond acceptors (Lipinski definition) is 5. The van der Waals surface area contributed by atoms with Crippen molar-refractivity contribution in [2.45, 2.75) is 39.3 Å². The molecule has 0 saturated heterocycles. The predicted octanol–water partition coefficient (Wildman–Crippen LogP) is 1.45. The maximum atomic E-state index is 12.2. The van der Waals surface area contributed by atoms with Crippen LogP contribution in [0.3, 0.4) is 0 Å². The van der Waals surface area contributed by atoms with Crippen molar-refractivity contribution in [2.75, 3.05) is 19.0 Å². The van der Waals surface area contributed by atoms with E-state index in [2.05, 4.69) is 34.4 Å². The van der Waals surface area contributed by atoms with Gasteiger partial charge in [-0.15, -0.1) is 0 Å². The van der Waals surface area contributed by atoms with Gasteiger partial charge >= 0.3 is 0 Å². The summed E-state index contributed by atoms with van der Waals surface area (Å²) >= 11 is 0. The Kier molecular flexibility index (Phi) is 4.23. The Morgan fingerprint density at radius 1 is 1.50 bits per heavy atom. The standard InChI is InChI=1S/C14H22N4O2/c1-5-16-12-8-15-7-9(17-12)13(19)18-10-6-11(20-4)14(10,2)3/h7-8,10-11H,5-6H2,1-4H3,(H,16,17)(H,18,19). The van der Waals surface area contributed by atoms with Crippen LogP contribution in [0.25, 0.3) is 0 Å². The first-order valence-electron chi connectivity index (χ1n) is 6.88. The Labute approximate surface area is 119 Å². The fourth-order valence-corrected chi connectivity index (χ4v) is 2.50. The number of methoxy groups -OCH3 is 1. The van der Waals surface area contributed by atoms with Crippen molar-refractivity contribution < 1.29 is 9.53 Å². The van der Waals surface area contributed by atoms with Gasteiger partial charge in [-0.2, -0.15) is 0 Å². The van der Waals surface area contributed by atoms with E-state index >= 15 is 0 Å². The van der Waals surface area contributed by atoms with E-state index in [-0.39, 0.29) is 23.5 Å². The van der Waals surface area contributed by atoms with Gasteiger partial charge in [-0.05, 0) is 13.3 Å². The molecule has 1 aliphatic rings. The van der Waals surface area contributed by atoms with Crippen LogP contribution in [0, 0.1) is 5.41 Å². The van der Waals surface area contributed by atoms with Gasteiger partial charge in [0, 0.05) is 25.1 Å². The fraction of sp³-hybridized carbons (Fsp3) is 0.643. The van der Waals surface area contributed by atoms with E-state index in [1.165, 1.54) is 6.20 Å². The van der Waals surface area contributed by atoms with E-state index in [0.29, 0.717) is 11.5 Å². The molecular weight excluding hydrogens is 256 g/mol. The highest BCUT2D eigenvalue weighted by Gasteiger charge is 2.49. The zero-order chi connectivity index (χ0) is 14.8. The summed E-state index contributed by atoms with van der Waals surface area (Å²) in [7, 11) is 1.70. The number of carbonyl (C=O) groups excluding carboxylic acids is 1. The molecule has 0 bridgehead atoms. The molecule has 0 aromatic carbocycles. The Hall–Kier alpha value is -1.69. The molecule has 110 valence electrons. The molecule has 1 heterocycles. The molecular formula is C14H22N4O2. The van der Waals surface area contributed by atoms with Crippen LogP contribution in [0.1, 0.15) is 37.7 Å². The van der Waals surface area contributed by atoms with E-state index in [1.54, 1.807) is 13.3 Å². The third kappa shape index (κ3) is 2.75. The van der Waals surface area contributed by atoms with Crippen LogP contribution in [-0.4, -0.2) is 41.7 Å². The maximum Gasteiger partial charge on any atom is 0.271 e. The normalized spacial score (nSPS) is 23.8. The summed E-state index contributed by atoms with van der Waals surface area (Å²) in [6, 6.07) is 0.101. The molecule has 1 aromatic heterocycles. The number of anilines is 1. The van der Waals surface area contributed by atoms with Gasteiger partial charge < -0.3 is 15.4 Å². The largest absolute Gasteiger partial charge is 0.381 e. The van der Waals surface area contributed by atoms with E-state index in [1.807, 2.05) is 6.92 Å². The SMILES string of the molecule is CCNc1cncc(C(=O)NC2CC(OC)C2(C)C)n1. The zero-order valence-corrected chi connectivity index (χ0v) is 12.4. The number of amides is 1. The first-order chi connectivity index (χ1) is 9.48. The molecule has 0 radical (unpaired) electrons. The van der Waals surface area contributed by atoms with E-state index < -0.39 is 0 Å². The smallest absolute Gasteiger partial charge is 0.271 e. The van der Waals surface area contributed by atoms with Crippen molar-refractivity contribution in [1.82, 2.24) is 15.3 Å². The van der Waals surface area contributed by atoms with E-state index in [9.17, 15) is 4.79 Å². The average molecular weight is 278 g/mol. The number of rotatable bonds is 5. The molecule has 2 N–H and O–H groups in total. The van der Waals surface area contributed by atoms with Gasteiger partial charge in [0.05, 0.1) is 18.5 Å². The second-order valence-electron chi connectivity index (χ2n) is 5.63.